The molecule has 0 aromatic heterocycles. The Morgan fingerprint density at radius 2 is 1.17 bits per heavy atom. The third-order valence-electron chi connectivity index (χ3n) is 3.03. The molecule has 0 N–H and O–H groups in total. The Morgan fingerprint density at radius 3 is 1.33 bits per heavy atom. The van der Waals surface area contributed by atoms with Gasteiger partial charge in [-0.05, 0) is 44.9 Å². The predicted octanol–water partition coefficient (Wildman–Crippen LogP) is 5.02. The molecule has 0 amide bonds. The maximum atomic E-state index is 5.68. The van der Waals surface area contributed by atoms with E-state index in [9.17, 15) is 0 Å². The molecule has 0 aromatic carbocycles. The molecule has 18 heavy (non-hydrogen) atoms. The molecule has 0 radical (unpaired) electrons. The highest BCUT2D eigenvalue weighted by Crippen LogP contribution is 2.30. The van der Waals surface area contributed by atoms with Crippen LogP contribution in [0.15, 0.2) is 0 Å². The Labute approximate surface area is 114 Å². The van der Waals surface area contributed by atoms with Crippen molar-refractivity contribution in [2.24, 2.45) is 11.8 Å². The topological polar surface area (TPSA) is 18.5 Å². The summed E-state index contributed by atoms with van der Waals surface area (Å²) >= 11 is 0. The zero-order valence-electron chi connectivity index (χ0n) is 13.7. The van der Waals surface area contributed by atoms with Gasteiger partial charge in [-0.25, -0.2) is 0 Å². The monoisotopic (exact) mass is 258 g/mol. The molecule has 0 saturated carbocycles. The van der Waals surface area contributed by atoms with Crippen LogP contribution >= 0.6 is 0 Å². The number of hydrogen-bond acceptors (Lipinski definition) is 2. The first-order valence-electron chi connectivity index (χ1n) is 7.57. The first-order chi connectivity index (χ1) is 8.21. The van der Waals surface area contributed by atoms with E-state index in [1.165, 1.54) is 6.42 Å². The van der Waals surface area contributed by atoms with E-state index < -0.39 is 0 Å². The molecule has 1 heterocycles. The summed E-state index contributed by atoms with van der Waals surface area (Å²) in [6.07, 6.45) is 4.05. The standard InChI is InChI=1S/C9H18O2.C7H16/c1-5-7-8(6-2)11-9(3,4)10-7;1-6(2)5-7(3)4/h7-8H,5-6H2,1-4H3;6-7H,5H2,1-4H3/t7-,8-;/m0./s1. The Kier molecular flexibility index (Phi) is 8.13. The fraction of sp³-hybridized carbons (Fsp3) is 1.00. The number of hydrogen-bond donors (Lipinski definition) is 0. The van der Waals surface area contributed by atoms with Gasteiger partial charge in [0.25, 0.3) is 0 Å². The lowest BCUT2D eigenvalue weighted by Crippen LogP contribution is -2.21. The van der Waals surface area contributed by atoms with Crippen molar-refractivity contribution in [3.8, 4) is 0 Å². The van der Waals surface area contributed by atoms with Gasteiger partial charge in [-0.15, -0.1) is 0 Å². The Bertz CT molecular complexity index is 189. The molecule has 2 heteroatoms. The van der Waals surface area contributed by atoms with E-state index >= 15 is 0 Å². The van der Waals surface area contributed by atoms with Crippen LogP contribution in [0.4, 0.5) is 0 Å². The summed E-state index contributed by atoms with van der Waals surface area (Å²) in [7, 11) is 0. The van der Waals surface area contributed by atoms with E-state index in [2.05, 4.69) is 41.5 Å². The van der Waals surface area contributed by atoms with Crippen molar-refractivity contribution in [3.05, 3.63) is 0 Å². The van der Waals surface area contributed by atoms with Gasteiger partial charge < -0.3 is 9.47 Å². The number of rotatable bonds is 4. The van der Waals surface area contributed by atoms with Gasteiger partial charge in [-0.3, -0.25) is 0 Å². The summed E-state index contributed by atoms with van der Waals surface area (Å²) < 4.78 is 11.4. The molecule has 0 bridgehead atoms. The lowest BCUT2D eigenvalue weighted by atomic mass is 10.0. The van der Waals surface area contributed by atoms with Gasteiger partial charge >= 0.3 is 0 Å². The van der Waals surface area contributed by atoms with Crippen LogP contribution in [0.1, 0.15) is 74.7 Å². The van der Waals surface area contributed by atoms with Crippen molar-refractivity contribution in [2.45, 2.75) is 92.6 Å². The van der Waals surface area contributed by atoms with Crippen LogP contribution in [0, 0.1) is 11.8 Å². The normalized spacial score (nSPS) is 26.3. The van der Waals surface area contributed by atoms with Gasteiger partial charge in [0, 0.05) is 0 Å². The molecule has 2 atom stereocenters. The average molecular weight is 258 g/mol. The van der Waals surface area contributed by atoms with Crippen molar-refractivity contribution < 1.29 is 9.47 Å². The third kappa shape index (κ3) is 7.38. The molecular weight excluding hydrogens is 224 g/mol. The van der Waals surface area contributed by atoms with Crippen LogP contribution in [0.25, 0.3) is 0 Å². The van der Waals surface area contributed by atoms with E-state index in [4.69, 9.17) is 9.47 Å². The molecule has 0 unspecified atom stereocenters. The van der Waals surface area contributed by atoms with Gasteiger partial charge in [0.1, 0.15) is 0 Å². The van der Waals surface area contributed by atoms with Crippen LogP contribution in [-0.4, -0.2) is 18.0 Å². The van der Waals surface area contributed by atoms with Crippen LogP contribution < -0.4 is 0 Å². The second kappa shape index (κ2) is 8.16. The van der Waals surface area contributed by atoms with Crippen LogP contribution in [0.3, 0.4) is 0 Å². The molecule has 0 aromatic rings. The zero-order valence-corrected chi connectivity index (χ0v) is 13.7. The Morgan fingerprint density at radius 1 is 0.833 bits per heavy atom. The van der Waals surface area contributed by atoms with Crippen molar-refractivity contribution in [1.82, 2.24) is 0 Å². The quantitative estimate of drug-likeness (QED) is 0.705. The van der Waals surface area contributed by atoms with Crippen LogP contribution in [0.2, 0.25) is 0 Å². The first-order valence-corrected chi connectivity index (χ1v) is 7.57. The van der Waals surface area contributed by atoms with Crippen LogP contribution in [0.5, 0.6) is 0 Å². The van der Waals surface area contributed by atoms with E-state index in [1.54, 1.807) is 0 Å². The summed E-state index contributed by atoms with van der Waals surface area (Å²) in [5, 5.41) is 0. The van der Waals surface area contributed by atoms with Crippen molar-refractivity contribution >= 4 is 0 Å². The average Bonchev–Trinajstić information content (AvgIpc) is 2.52. The molecule has 0 spiro atoms. The molecule has 2 nitrogen and oxygen atoms in total. The van der Waals surface area contributed by atoms with E-state index in [0.29, 0.717) is 12.2 Å². The molecule has 110 valence electrons. The van der Waals surface area contributed by atoms with Gasteiger partial charge in [0.15, 0.2) is 5.79 Å². The summed E-state index contributed by atoms with van der Waals surface area (Å²) in [6, 6.07) is 0. The van der Waals surface area contributed by atoms with Crippen molar-refractivity contribution in [3.63, 3.8) is 0 Å². The smallest absolute Gasteiger partial charge is 0.163 e. The van der Waals surface area contributed by atoms with Crippen LogP contribution in [-0.2, 0) is 9.47 Å². The van der Waals surface area contributed by atoms with E-state index in [-0.39, 0.29) is 5.79 Å². The fourth-order valence-electron chi connectivity index (χ4n) is 2.54. The minimum atomic E-state index is -0.360. The molecular formula is C16H34O2. The second-order valence-electron chi connectivity index (χ2n) is 6.55. The second-order valence-corrected chi connectivity index (χ2v) is 6.55. The largest absolute Gasteiger partial charge is 0.345 e. The maximum absolute atomic E-state index is 5.68. The van der Waals surface area contributed by atoms with Gasteiger partial charge in [-0.2, -0.15) is 0 Å². The van der Waals surface area contributed by atoms with E-state index in [0.717, 1.165) is 24.7 Å². The molecule has 1 aliphatic heterocycles. The molecule has 1 rings (SSSR count). The molecule has 0 aliphatic carbocycles. The molecule has 1 saturated heterocycles. The highest BCUT2D eigenvalue weighted by Gasteiger charge is 2.38. The highest BCUT2D eigenvalue weighted by atomic mass is 16.7. The predicted molar refractivity (Wildman–Crippen MR) is 78.7 cm³/mol. The summed E-state index contributed by atoms with van der Waals surface area (Å²) in [5.41, 5.74) is 0. The number of ether oxygens (including phenoxy) is 2. The summed E-state index contributed by atoms with van der Waals surface area (Å²) in [5.74, 6) is 1.39. The minimum absolute atomic E-state index is 0.301. The Hall–Kier alpha value is -0.0800. The summed E-state index contributed by atoms with van der Waals surface area (Å²) in [4.78, 5) is 0. The molecule has 1 aliphatic rings. The maximum Gasteiger partial charge on any atom is 0.163 e. The lowest BCUT2D eigenvalue weighted by Gasteiger charge is -2.16. The van der Waals surface area contributed by atoms with Gasteiger partial charge in [0.05, 0.1) is 12.2 Å². The first kappa shape index (κ1) is 17.9. The zero-order chi connectivity index (χ0) is 14.3. The fourth-order valence-corrected chi connectivity index (χ4v) is 2.54. The van der Waals surface area contributed by atoms with Gasteiger partial charge in [0.2, 0.25) is 0 Å². The lowest BCUT2D eigenvalue weighted by molar-refractivity contribution is -0.146. The van der Waals surface area contributed by atoms with Crippen molar-refractivity contribution in [2.75, 3.05) is 0 Å². The Balaban J connectivity index is 0.000000360. The SMILES string of the molecule is CC(C)CC(C)C.CC[C@@H]1OC(C)(C)O[C@H]1CC. The minimum Gasteiger partial charge on any atom is -0.345 e. The molecule has 1 fully saturated rings. The van der Waals surface area contributed by atoms with Crippen molar-refractivity contribution in [1.29, 1.82) is 0 Å². The third-order valence-corrected chi connectivity index (χ3v) is 3.03. The summed E-state index contributed by atoms with van der Waals surface area (Å²) in [6.45, 7) is 17.3. The highest BCUT2D eigenvalue weighted by molar-refractivity contribution is 4.79. The van der Waals surface area contributed by atoms with Gasteiger partial charge in [-0.1, -0.05) is 41.5 Å². The van der Waals surface area contributed by atoms with E-state index in [1.807, 2.05) is 13.8 Å².